The maximum atomic E-state index is 7.00. The highest BCUT2D eigenvalue weighted by atomic mass is 16.3. The zero-order chi connectivity index (χ0) is 35.6. The van der Waals surface area contributed by atoms with Crippen molar-refractivity contribution in [1.29, 1.82) is 0 Å². The summed E-state index contributed by atoms with van der Waals surface area (Å²) in [5.41, 5.74) is 10.3. The van der Waals surface area contributed by atoms with Crippen LogP contribution < -0.4 is 4.90 Å². The molecule has 0 bridgehead atoms. The lowest BCUT2D eigenvalue weighted by molar-refractivity contribution is 0.661. The molecule has 2 aromatic heterocycles. The molecule has 0 aliphatic rings. The minimum atomic E-state index is -0.00238. The summed E-state index contributed by atoms with van der Waals surface area (Å²) in [6.45, 7) is 0. The predicted octanol–water partition coefficient (Wildman–Crippen LogP) is 14.4. The summed E-state index contributed by atoms with van der Waals surface area (Å²) >= 11 is 0. The normalized spacial score (nSPS) is 11.9. The Hall–Kier alpha value is -7.10. The van der Waals surface area contributed by atoms with Crippen LogP contribution >= 0.6 is 0 Å². The third-order valence-corrected chi connectivity index (χ3v) is 11.0. The SMILES string of the molecule is c1ccc(C(c2ccccc2)c2cccc3c2oc2cccc(N(c4ccc5oc6ccccc6c5c4)c4cc5ccccc5c5ccccc45)c23)cc1. The molecule has 0 saturated carbocycles. The summed E-state index contributed by atoms with van der Waals surface area (Å²) in [5.74, 6) is -0.00238. The van der Waals surface area contributed by atoms with Crippen LogP contribution in [-0.2, 0) is 0 Å². The Bertz CT molecular complexity index is 3140. The van der Waals surface area contributed by atoms with Gasteiger partial charge in [0, 0.05) is 38.7 Å². The van der Waals surface area contributed by atoms with Crippen LogP contribution in [0.5, 0.6) is 0 Å². The van der Waals surface area contributed by atoms with Gasteiger partial charge in [-0.2, -0.15) is 0 Å². The van der Waals surface area contributed by atoms with Crippen molar-refractivity contribution in [2.45, 2.75) is 5.92 Å². The lowest BCUT2D eigenvalue weighted by Gasteiger charge is -2.28. The van der Waals surface area contributed by atoms with Gasteiger partial charge in [0.15, 0.2) is 0 Å². The molecule has 54 heavy (non-hydrogen) atoms. The first kappa shape index (κ1) is 30.5. The van der Waals surface area contributed by atoms with Crippen LogP contribution in [-0.4, -0.2) is 0 Å². The number of furan rings is 2. The fraction of sp³-hybridized carbons (Fsp3) is 0.0196. The van der Waals surface area contributed by atoms with Crippen LogP contribution in [0.4, 0.5) is 17.1 Å². The van der Waals surface area contributed by atoms with Crippen LogP contribution in [0.3, 0.4) is 0 Å². The predicted molar refractivity (Wildman–Crippen MR) is 225 cm³/mol. The maximum absolute atomic E-state index is 7.00. The molecule has 0 saturated heterocycles. The van der Waals surface area contributed by atoms with Crippen LogP contribution in [0.25, 0.3) is 65.4 Å². The van der Waals surface area contributed by atoms with E-state index < -0.39 is 0 Å². The Morgan fingerprint density at radius 1 is 0.370 bits per heavy atom. The first-order valence-corrected chi connectivity index (χ1v) is 18.5. The Morgan fingerprint density at radius 3 is 1.78 bits per heavy atom. The highest BCUT2D eigenvalue weighted by molar-refractivity contribution is 6.19. The lowest BCUT2D eigenvalue weighted by Crippen LogP contribution is -2.11. The summed E-state index contributed by atoms with van der Waals surface area (Å²) in [4.78, 5) is 2.42. The number of fused-ring (bicyclic) bond motifs is 9. The van der Waals surface area contributed by atoms with E-state index in [4.69, 9.17) is 8.83 Å². The van der Waals surface area contributed by atoms with Crippen molar-refractivity contribution in [1.82, 2.24) is 0 Å². The Morgan fingerprint density at radius 2 is 0.981 bits per heavy atom. The number of rotatable bonds is 6. The molecule has 0 fully saturated rings. The molecule has 3 heteroatoms. The molecule has 0 N–H and O–H groups in total. The third kappa shape index (κ3) is 4.76. The van der Waals surface area contributed by atoms with Gasteiger partial charge in [-0.3, -0.25) is 0 Å². The van der Waals surface area contributed by atoms with Gasteiger partial charge in [0.25, 0.3) is 0 Å². The summed E-state index contributed by atoms with van der Waals surface area (Å²) in [7, 11) is 0. The van der Waals surface area contributed by atoms with Crippen molar-refractivity contribution in [3.05, 3.63) is 211 Å². The van der Waals surface area contributed by atoms with Gasteiger partial charge < -0.3 is 13.7 Å². The second kappa shape index (κ2) is 12.3. The quantitative estimate of drug-likeness (QED) is 0.128. The molecular weight excluding hydrogens is 659 g/mol. The summed E-state index contributed by atoms with van der Waals surface area (Å²) in [6.07, 6.45) is 0. The van der Waals surface area contributed by atoms with Crippen molar-refractivity contribution < 1.29 is 8.83 Å². The van der Waals surface area contributed by atoms with Crippen LogP contribution in [0, 0.1) is 0 Å². The maximum Gasteiger partial charge on any atom is 0.139 e. The minimum absolute atomic E-state index is 0.00238. The first-order chi connectivity index (χ1) is 26.8. The molecule has 11 rings (SSSR count). The van der Waals surface area contributed by atoms with Gasteiger partial charge in [0.05, 0.1) is 16.8 Å². The topological polar surface area (TPSA) is 29.5 Å². The van der Waals surface area contributed by atoms with E-state index in [-0.39, 0.29) is 5.92 Å². The number of benzene rings is 9. The van der Waals surface area contributed by atoms with Crippen molar-refractivity contribution >= 4 is 82.5 Å². The molecule has 2 heterocycles. The van der Waals surface area contributed by atoms with Crippen LogP contribution in [0.15, 0.2) is 203 Å². The van der Waals surface area contributed by atoms with Gasteiger partial charge >= 0.3 is 0 Å². The molecule has 0 aliphatic heterocycles. The van der Waals surface area contributed by atoms with Gasteiger partial charge in [-0.05, 0) is 69.8 Å². The molecule has 0 unspecified atom stereocenters. The van der Waals surface area contributed by atoms with Crippen molar-refractivity contribution in [3.8, 4) is 0 Å². The van der Waals surface area contributed by atoms with Crippen LogP contribution in [0.2, 0.25) is 0 Å². The first-order valence-electron chi connectivity index (χ1n) is 18.5. The molecule has 9 aromatic carbocycles. The lowest BCUT2D eigenvalue weighted by atomic mass is 9.84. The standard InChI is InChI=1S/C51H33NO2/c1-3-15-33(16-4-1)49(34-17-5-2-6-18-34)41-24-13-25-42-50-44(26-14-28-48(50)54-51(41)42)52(36-29-30-47-43(32-36)40-23-11-12-27-46(40)53-47)45-31-35-19-7-8-20-37(35)38-21-9-10-22-39(38)45/h1-32,49H. The number of hydrogen-bond acceptors (Lipinski definition) is 3. The molecule has 254 valence electrons. The van der Waals surface area contributed by atoms with E-state index in [1.807, 2.05) is 12.1 Å². The third-order valence-electron chi connectivity index (χ3n) is 11.0. The minimum Gasteiger partial charge on any atom is -0.456 e. The number of anilines is 3. The molecule has 0 amide bonds. The second-order valence-corrected chi connectivity index (χ2v) is 14.0. The molecule has 3 nitrogen and oxygen atoms in total. The van der Waals surface area contributed by atoms with E-state index in [9.17, 15) is 0 Å². The van der Waals surface area contributed by atoms with E-state index in [0.29, 0.717) is 0 Å². The Kier molecular flexibility index (Phi) is 6.93. The zero-order valence-electron chi connectivity index (χ0n) is 29.3. The van der Waals surface area contributed by atoms with Gasteiger partial charge in [0.1, 0.15) is 22.3 Å². The second-order valence-electron chi connectivity index (χ2n) is 14.0. The molecular formula is C51H33NO2. The molecule has 0 radical (unpaired) electrons. The molecule has 11 aromatic rings. The van der Waals surface area contributed by atoms with Crippen molar-refractivity contribution in [2.24, 2.45) is 0 Å². The smallest absolute Gasteiger partial charge is 0.139 e. The molecule has 0 spiro atoms. The monoisotopic (exact) mass is 691 g/mol. The van der Waals surface area contributed by atoms with Crippen molar-refractivity contribution in [2.75, 3.05) is 4.90 Å². The Balaban J connectivity index is 1.22. The van der Waals surface area contributed by atoms with Gasteiger partial charge in [-0.1, -0.05) is 152 Å². The van der Waals surface area contributed by atoms with E-state index in [0.717, 1.165) is 66.5 Å². The van der Waals surface area contributed by atoms with Crippen molar-refractivity contribution in [3.63, 3.8) is 0 Å². The van der Waals surface area contributed by atoms with Gasteiger partial charge in [-0.15, -0.1) is 0 Å². The van der Waals surface area contributed by atoms with Crippen LogP contribution in [0.1, 0.15) is 22.6 Å². The number of para-hydroxylation sites is 2. The summed E-state index contributed by atoms with van der Waals surface area (Å²) < 4.78 is 13.3. The number of nitrogens with zero attached hydrogens (tertiary/aromatic N) is 1. The summed E-state index contributed by atoms with van der Waals surface area (Å²) in [5, 5.41) is 9.14. The highest BCUT2D eigenvalue weighted by Crippen LogP contribution is 2.48. The average Bonchev–Trinajstić information content (AvgIpc) is 3.81. The van der Waals surface area contributed by atoms with E-state index >= 15 is 0 Å². The molecule has 0 aliphatic carbocycles. The number of hydrogen-bond donors (Lipinski definition) is 0. The Labute approximate surface area is 311 Å². The fourth-order valence-electron chi connectivity index (χ4n) is 8.59. The fourth-order valence-corrected chi connectivity index (χ4v) is 8.59. The highest BCUT2D eigenvalue weighted by Gasteiger charge is 2.26. The molecule has 0 atom stereocenters. The summed E-state index contributed by atoms with van der Waals surface area (Å²) in [6, 6.07) is 69.2. The van der Waals surface area contributed by atoms with E-state index in [1.165, 1.54) is 32.7 Å². The zero-order valence-corrected chi connectivity index (χ0v) is 29.3. The van der Waals surface area contributed by atoms with E-state index in [1.54, 1.807) is 0 Å². The average molecular weight is 692 g/mol. The largest absolute Gasteiger partial charge is 0.456 e. The van der Waals surface area contributed by atoms with E-state index in [2.05, 4.69) is 187 Å². The van der Waals surface area contributed by atoms with Gasteiger partial charge in [0.2, 0.25) is 0 Å². The van der Waals surface area contributed by atoms with Gasteiger partial charge in [-0.25, -0.2) is 0 Å².